The molecule has 0 aromatic heterocycles. The lowest BCUT2D eigenvalue weighted by Crippen LogP contribution is -2.54. The Morgan fingerprint density at radius 2 is 1.50 bits per heavy atom. The van der Waals surface area contributed by atoms with E-state index in [1.165, 1.54) is 6.92 Å². The summed E-state index contributed by atoms with van der Waals surface area (Å²) in [5.41, 5.74) is 0.910. The van der Waals surface area contributed by atoms with Crippen LogP contribution in [0, 0.1) is 0 Å². The number of ether oxygens (including phenoxy) is 4. The first-order valence-corrected chi connectivity index (χ1v) is 12.5. The van der Waals surface area contributed by atoms with E-state index in [2.05, 4.69) is 16.0 Å². The summed E-state index contributed by atoms with van der Waals surface area (Å²) in [6.45, 7) is 5.60. The second kappa shape index (κ2) is 15.1. The second-order valence-corrected chi connectivity index (χ2v) is 8.53. The van der Waals surface area contributed by atoms with Gasteiger partial charge >= 0.3 is 0 Å². The van der Waals surface area contributed by atoms with Crippen molar-refractivity contribution in [3.63, 3.8) is 0 Å². The molecule has 1 fully saturated rings. The number of amides is 5. The van der Waals surface area contributed by atoms with Crippen molar-refractivity contribution in [1.82, 2.24) is 15.5 Å². The van der Waals surface area contributed by atoms with E-state index in [0.29, 0.717) is 71.6 Å². The highest BCUT2D eigenvalue weighted by Gasteiger charge is 2.45. The van der Waals surface area contributed by atoms with Crippen molar-refractivity contribution in [2.45, 2.75) is 25.8 Å². The maximum absolute atomic E-state index is 13.1. The number of hydrogen-bond acceptors (Lipinski definition) is 10. The van der Waals surface area contributed by atoms with Crippen molar-refractivity contribution >= 4 is 35.2 Å². The molecule has 0 bridgehead atoms. The molecule has 0 spiro atoms. The van der Waals surface area contributed by atoms with Gasteiger partial charge in [-0.3, -0.25) is 34.2 Å². The molecule has 1 atom stereocenters. The van der Waals surface area contributed by atoms with E-state index >= 15 is 0 Å². The fourth-order valence-corrected chi connectivity index (χ4v) is 3.98. The summed E-state index contributed by atoms with van der Waals surface area (Å²) in [7, 11) is 0. The highest BCUT2D eigenvalue weighted by atomic mass is 16.6. The van der Waals surface area contributed by atoms with Crippen LogP contribution >= 0.6 is 0 Å². The Labute approximate surface area is 220 Å². The second-order valence-electron chi connectivity index (χ2n) is 8.53. The van der Waals surface area contributed by atoms with Crippen molar-refractivity contribution in [2.24, 2.45) is 0 Å². The van der Waals surface area contributed by atoms with Crippen LogP contribution in [0.25, 0.3) is 0 Å². The third-order valence-electron chi connectivity index (χ3n) is 5.77. The zero-order valence-corrected chi connectivity index (χ0v) is 21.4. The Balaban J connectivity index is 1.27. The van der Waals surface area contributed by atoms with E-state index in [0.717, 1.165) is 4.90 Å². The van der Waals surface area contributed by atoms with Crippen molar-refractivity contribution < 1.29 is 42.9 Å². The summed E-state index contributed by atoms with van der Waals surface area (Å²) < 4.78 is 21.7. The van der Waals surface area contributed by atoms with Gasteiger partial charge in [-0.05, 0) is 18.6 Å². The summed E-state index contributed by atoms with van der Waals surface area (Å²) in [6, 6.07) is 3.89. The van der Waals surface area contributed by atoms with Crippen LogP contribution in [0.4, 0.5) is 5.69 Å². The van der Waals surface area contributed by atoms with Gasteiger partial charge in [0.2, 0.25) is 17.7 Å². The van der Waals surface area contributed by atoms with Gasteiger partial charge in [0, 0.05) is 32.1 Å². The molecule has 13 heteroatoms. The van der Waals surface area contributed by atoms with Crippen LogP contribution in [-0.4, -0.2) is 106 Å². The van der Waals surface area contributed by atoms with Crippen molar-refractivity contribution in [1.29, 1.82) is 0 Å². The molecule has 2 heterocycles. The Morgan fingerprint density at radius 1 is 0.895 bits per heavy atom. The molecule has 0 aliphatic carbocycles. The van der Waals surface area contributed by atoms with E-state index in [1.807, 2.05) is 0 Å². The zero-order valence-electron chi connectivity index (χ0n) is 21.4. The fourth-order valence-electron chi connectivity index (χ4n) is 3.98. The van der Waals surface area contributed by atoms with Gasteiger partial charge in [-0.1, -0.05) is 6.07 Å². The molecule has 5 amide bonds. The maximum atomic E-state index is 13.1. The molecule has 38 heavy (non-hydrogen) atoms. The molecule has 2 aliphatic rings. The number of benzene rings is 1. The predicted molar refractivity (Wildman–Crippen MR) is 134 cm³/mol. The van der Waals surface area contributed by atoms with Crippen LogP contribution in [0.15, 0.2) is 18.2 Å². The lowest BCUT2D eigenvalue weighted by Gasteiger charge is -2.27. The monoisotopic (exact) mass is 534 g/mol. The largest absolute Gasteiger partial charge is 0.382 e. The summed E-state index contributed by atoms with van der Waals surface area (Å²) in [4.78, 5) is 61.2. The Kier molecular flexibility index (Phi) is 11.6. The molecule has 1 saturated heterocycles. The smallest absolute Gasteiger partial charge is 0.264 e. The van der Waals surface area contributed by atoms with Crippen LogP contribution in [0.3, 0.4) is 0 Å². The first-order valence-electron chi connectivity index (χ1n) is 12.5. The normalized spacial score (nSPS) is 17.0. The molecule has 0 saturated carbocycles. The molecule has 1 aromatic rings. The third-order valence-corrected chi connectivity index (χ3v) is 5.77. The minimum Gasteiger partial charge on any atom is -0.382 e. The Bertz CT molecular complexity index is 1020. The summed E-state index contributed by atoms with van der Waals surface area (Å²) in [5.74, 6) is -2.25. The van der Waals surface area contributed by atoms with E-state index < -0.39 is 29.7 Å². The number of carbonyl (C=O) groups excluding carboxylic acids is 5. The first-order chi connectivity index (χ1) is 18.4. The van der Waals surface area contributed by atoms with Gasteiger partial charge in [-0.2, -0.15) is 0 Å². The molecule has 0 radical (unpaired) electrons. The highest BCUT2D eigenvalue weighted by Crippen LogP contribution is 2.32. The molecule has 3 rings (SSSR count). The van der Waals surface area contributed by atoms with Crippen LogP contribution < -0.4 is 16.0 Å². The summed E-state index contributed by atoms with van der Waals surface area (Å²) in [6.07, 6.45) is 0.177. The summed E-state index contributed by atoms with van der Waals surface area (Å²) in [5, 5.41) is 7.94. The number of hydrogen-bond donors (Lipinski definition) is 3. The van der Waals surface area contributed by atoms with Gasteiger partial charge in [0.15, 0.2) is 0 Å². The standard InChI is InChI=1S/C25H34N4O9/c1-17(30)26-7-9-35-11-13-37-15-16-38-14-12-36-10-8-27-19-4-2-3-18-22(19)25(34)29(24(18)33)20-5-6-21(31)28-23(20)32/h2-4,20,27H,5-16H2,1H3,(H,26,30)(H,28,31,32). The highest BCUT2D eigenvalue weighted by molar-refractivity contribution is 6.25. The quantitative estimate of drug-likeness (QED) is 0.179. The average Bonchev–Trinajstić information content (AvgIpc) is 3.14. The van der Waals surface area contributed by atoms with Crippen LogP contribution in [0.5, 0.6) is 0 Å². The van der Waals surface area contributed by atoms with Gasteiger partial charge in [0.25, 0.3) is 11.8 Å². The number of rotatable bonds is 17. The van der Waals surface area contributed by atoms with Crippen molar-refractivity contribution in [2.75, 3.05) is 71.3 Å². The van der Waals surface area contributed by atoms with Gasteiger partial charge in [0.1, 0.15) is 6.04 Å². The topological polar surface area (TPSA) is 162 Å². The van der Waals surface area contributed by atoms with E-state index in [-0.39, 0.29) is 29.9 Å². The molecule has 1 aromatic carbocycles. The molecule has 3 N–H and O–H groups in total. The number of nitrogens with one attached hydrogen (secondary N) is 3. The minimum absolute atomic E-state index is 0.0695. The number of nitrogens with zero attached hydrogens (tertiary/aromatic N) is 1. The molecule has 2 aliphatic heterocycles. The Morgan fingerprint density at radius 3 is 2.11 bits per heavy atom. The van der Waals surface area contributed by atoms with Gasteiger partial charge in [-0.25, -0.2) is 0 Å². The minimum atomic E-state index is -1.00. The Hall–Kier alpha value is -3.39. The number of piperidine rings is 1. The van der Waals surface area contributed by atoms with Gasteiger partial charge in [-0.15, -0.1) is 0 Å². The molecule has 1 unspecified atom stereocenters. The lowest BCUT2D eigenvalue weighted by molar-refractivity contribution is -0.136. The number of anilines is 1. The fraction of sp³-hybridized carbons (Fsp3) is 0.560. The predicted octanol–water partition coefficient (Wildman–Crippen LogP) is -0.298. The first kappa shape index (κ1) is 29.2. The maximum Gasteiger partial charge on any atom is 0.264 e. The van der Waals surface area contributed by atoms with E-state index in [4.69, 9.17) is 18.9 Å². The average molecular weight is 535 g/mol. The van der Waals surface area contributed by atoms with Crippen molar-refractivity contribution in [3.05, 3.63) is 29.3 Å². The van der Waals surface area contributed by atoms with Crippen LogP contribution in [0.1, 0.15) is 40.5 Å². The van der Waals surface area contributed by atoms with Gasteiger partial charge in [0.05, 0.1) is 64.0 Å². The number of fused-ring (bicyclic) bond motifs is 1. The lowest BCUT2D eigenvalue weighted by atomic mass is 10.0. The van der Waals surface area contributed by atoms with E-state index in [1.54, 1.807) is 18.2 Å². The van der Waals surface area contributed by atoms with Gasteiger partial charge < -0.3 is 29.6 Å². The van der Waals surface area contributed by atoms with Crippen LogP contribution in [0.2, 0.25) is 0 Å². The number of imide groups is 2. The molecule has 208 valence electrons. The summed E-state index contributed by atoms with van der Waals surface area (Å²) >= 11 is 0. The SMILES string of the molecule is CC(=O)NCCOCCOCCOCCOCCNc1cccc2c1C(=O)N(C1CCC(=O)NC1=O)C2=O. The van der Waals surface area contributed by atoms with E-state index in [9.17, 15) is 24.0 Å². The molecular formula is C25H34N4O9. The van der Waals surface area contributed by atoms with Crippen molar-refractivity contribution in [3.8, 4) is 0 Å². The number of carbonyl (C=O) groups is 5. The molecular weight excluding hydrogens is 500 g/mol. The third kappa shape index (κ3) is 8.31. The molecule has 13 nitrogen and oxygen atoms in total. The van der Waals surface area contributed by atoms with Crippen LogP contribution in [-0.2, 0) is 33.3 Å². The zero-order chi connectivity index (χ0) is 27.3.